The zero-order chi connectivity index (χ0) is 16.2. The SMILES string of the molecule is CCC(CC)(CNC(=O)C(C)N1C(C)CCC1C)C(=O)O. The number of amides is 1. The minimum Gasteiger partial charge on any atom is -0.481 e. The number of likely N-dealkylation sites (tertiary alicyclic amines) is 1. The van der Waals surface area contributed by atoms with Gasteiger partial charge >= 0.3 is 5.97 Å². The van der Waals surface area contributed by atoms with Crippen LogP contribution >= 0.6 is 0 Å². The third-order valence-corrected chi connectivity index (χ3v) is 5.26. The second kappa shape index (κ2) is 7.25. The molecule has 3 unspecified atom stereocenters. The van der Waals surface area contributed by atoms with Gasteiger partial charge in [-0.15, -0.1) is 0 Å². The van der Waals surface area contributed by atoms with E-state index in [0.717, 1.165) is 12.8 Å². The van der Waals surface area contributed by atoms with Crippen LogP contribution in [0.25, 0.3) is 0 Å². The zero-order valence-corrected chi connectivity index (χ0v) is 14.0. The highest BCUT2D eigenvalue weighted by molar-refractivity contribution is 5.82. The molecule has 122 valence electrons. The second-order valence-electron chi connectivity index (χ2n) is 6.41. The molecule has 1 aliphatic heterocycles. The van der Waals surface area contributed by atoms with Crippen molar-refractivity contribution in [1.82, 2.24) is 10.2 Å². The van der Waals surface area contributed by atoms with Gasteiger partial charge in [0.2, 0.25) is 5.91 Å². The van der Waals surface area contributed by atoms with E-state index in [1.807, 2.05) is 20.8 Å². The van der Waals surface area contributed by atoms with Gasteiger partial charge in [-0.3, -0.25) is 14.5 Å². The largest absolute Gasteiger partial charge is 0.481 e. The molecule has 0 aromatic rings. The topological polar surface area (TPSA) is 69.6 Å². The van der Waals surface area contributed by atoms with Gasteiger partial charge in [-0.25, -0.2) is 0 Å². The third kappa shape index (κ3) is 3.76. The quantitative estimate of drug-likeness (QED) is 0.756. The molecule has 0 radical (unpaired) electrons. The first-order valence-corrected chi connectivity index (χ1v) is 8.07. The fraction of sp³-hybridized carbons (Fsp3) is 0.875. The predicted octanol–water partition coefficient (Wildman–Crippen LogP) is 2.25. The van der Waals surface area contributed by atoms with Crippen LogP contribution in [0, 0.1) is 5.41 Å². The Balaban J connectivity index is 2.66. The van der Waals surface area contributed by atoms with Gasteiger partial charge in [-0.1, -0.05) is 13.8 Å². The van der Waals surface area contributed by atoms with Crippen LogP contribution in [-0.4, -0.2) is 46.6 Å². The van der Waals surface area contributed by atoms with Crippen molar-refractivity contribution in [2.24, 2.45) is 5.41 Å². The Bertz CT molecular complexity index is 370. The van der Waals surface area contributed by atoms with Gasteiger partial charge in [0, 0.05) is 18.6 Å². The number of aliphatic carboxylic acids is 1. The smallest absolute Gasteiger partial charge is 0.311 e. The maximum atomic E-state index is 12.4. The normalized spacial score (nSPS) is 24.8. The summed E-state index contributed by atoms with van der Waals surface area (Å²) in [6.45, 7) is 10.1. The highest BCUT2D eigenvalue weighted by Crippen LogP contribution is 2.27. The number of rotatable bonds is 7. The molecule has 0 bridgehead atoms. The van der Waals surface area contributed by atoms with Crippen LogP contribution < -0.4 is 5.32 Å². The lowest BCUT2D eigenvalue weighted by Gasteiger charge is -2.33. The molecular formula is C16H30N2O3. The summed E-state index contributed by atoms with van der Waals surface area (Å²) >= 11 is 0. The molecule has 2 N–H and O–H groups in total. The number of carboxylic acid groups (broad SMARTS) is 1. The maximum Gasteiger partial charge on any atom is 0.311 e. The van der Waals surface area contributed by atoms with E-state index in [2.05, 4.69) is 24.1 Å². The van der Waals surface area contributed by atoms with Crippen molar-refractivity contribution in [2.45, 2.75) is 78.4 Å². The summed E-state index contributed by atoms with van der Waals surface area (Å²) in [6.07, 6.45) is 3.26. The number of nitrogens with one attached hydrogen (secondary N) is 1. The fourth-order valence-corrected chi connectivity index (χ4v) is 3.40. The number of hydrogen-bond acceptors (Lipinski definition) is 3. The summed E-state index contributed by atoms with van der Waals surface area (Å²) in [5.74, 6) is -0.897. The third-order valence-electron chi connectivity index (χ3n) is 5.26. The van der Waals surface area contributed by atoms with E-state index >= 15 is 0 Å². The molecule has 5 nitrogen and oxygen atoms in total. The summed E-state index contributed by atoms with van der Waals surface area (Å²) in [4.78, 5) is 26.1. The van der Waals surface area contributed by atoms with Crippen molar-refractivity contribution in [1.29, 1.82) is 0 Å². The monoisotopic (exact) mass is 298 g/mol. The van der Waals surface area contributed by atoms with Crippen LogP contribution in [0.3, 0.4) is 0 Å². The summed E-state index contributed by atoms with van der Waals surface area (Å²) < 4.78 is 0. The molecule has 1 aliphatic rings. The van der Waals surface area contributed by atoms with Crippen molar-refractivity contribution in [2.75, 3.05) is 6.54 Å². The molecule has 1 fully saturated rings. The molecule has 3 atom stereocenters. The summed E-state index contributed by atoms with van der Waals surface area (Å²) in [5.41, 5.74) is -0.850. The average Bonchev–Trinajstić information content (AvgIpc) is 2.78. The van der Waals surface area contributed by atoms with Gasteiger partial charge < -0.3 is 10.4 Å². The Kier molecular flexibility index (Phi) is 6.20. The second-order valence-corrected chi connectivity index (χ2v) is 6.41. The van der Waals surface area contributed by atoms with Crippen molar-refractivity contribution in [3.05, 3.63) is 0 Å². The van der Waals surface area contributed by atoms with Crippen LogP contribution in [-0.2, 0) is 9.59 Å². The van der Waals surface area contributed by atoms with E-state index in [0.29, 0.717) is 24.9 Å². The number of hydrogen-bond donors (Lipinski definition) is 2. The van der Waals surface area contributed by atoms with Gasteiger partial charge in [-0.05, 0) is 46.5 Å². The minimum atomic E-state index is -0.850. The molecule has 1 saturated heterocycles. The molecule has 0 aromatic carbocycles. The lowest BCUT2D eigenvalue weighted by atomic mass is 9.82. The van der Waals surface area contributed by atoms with E-state index in [9.17, 15) is 14.7 Å². The van der Waals surface area contributed by atoms with Gasteiger partial charge in [0.05, 0.1) is 11.5 Å². The molecule has 21 heavy (non-hydrogen) atoms. The summed E-state index contributed by atoms with van der Waals surface area (Å²) in [5, 5.41) is 12.3. The molecule has 1 rings (SSSR count). The Hall–Kier alpha value is -1.10. The average molecular weight is 298 g/mol. The van der Waals surface area contributed by atoms with Crippen molar-refractivity contribution < 1.29 is 14.7 Å². The minimum absolute atomic E-state index is 0.0666. The first-order chi connectivity index (χ1) is 9.79. The van der Waals surface area contributed by atoms with Crippen LogP contribution in [0.15, 0.2) is 0 Å². The molecular weight excluding hydrogens is 268 g/mol. The van der Waals surface area contributed by atoms with Gasteiger partial charge in [0.1, 0.15) is 0 Å². The number of nitrogens with zero attached hydrogens (tertiary/aromatic N) is 1. The van der Waals surface area contributed by atoms with E-state index in [4.69, 9.17) is 0 Å². The van der Waals surface area contributed by atoms with Gasteiger partial charge in [0.15, 0.2) is 0 Å². The van der Waals surface area contributed by atoms with Crippen LogP contribution in [0.5, 0.6) is 0 Å². The molecule has 0 aromatic heterocycles. The highest BCUT2D eigenvalue weighted by Gasteiger charge is 2.38. The molecule has 0 spiro atoms. The molecule has 0 saturated carbocycles. The first-order valence-electron chi connectivity index (χ1n) is 8.07. The van der Waals surface area contributed by atoms with Crippen LogP contribution in [0.2, 0.25) is 0 Å². The van der Waals surface area contributed by atoms with Crippen LogP contribution in [0.1, 0.15) is 60.3 Å². The van der Waals surface area contributed by atoms with E-state index < -0.39 is 11.4 Å². The Morgan fingerprint density at radius 3 is 2.10 bits per heavy atom. The number of carboxylic acids is 1. The van der Waals surface area contributed by atoms with Gasteiger partial charge in [0.25, 0.3) is 0 Å². The Morgan fingerprint density at radius 1 is 1.24 bits per heavy atom. The van der Waals surface area contributed by atoms with Crippen molar-refractivity contribution in [3.8, 4) is 0 Å². The predicted molar refractivity (Wildman–Crippen MR) is 83.1 cm³/mol. The highest BCUT2D eigenvalue weighted by atomic mass is 16.4. The summed E-state index contributed by atoms with van der Waals surface area (Å²) in [7, 11) is 0. The lowest BCUT2D eigenvalue weighted by molar-refractivity contribution is -0.149. The van der Waals surface area contributed by atoms with Crippen molar-refractivity contribution in [3.63, 3.8) is 0 Å². The zero-order valence-electron chi connectivity index (χ0n) is 14.0. The molecule has 5 heteroatoms. The van der Waals surface area contributed by atoms with E-state index in [-0.39, 0.29) is 18.5 Å². The van der Waals surface area contributed by atoms with E-state index in [1.54, 1.807) is 0 Å². The molecule has 1 amide bonds. The van der Waals surface area contributed by atoms with E-state index in [1.165, 1.54) is 0 Å². The molecule has 1 heterocycles. The fourth-order valence-electron chi connectivity index (χ4n) is 3.40. The number of carbonyl (C=O) groups is 2. The Labute approximate surface area is 128 Å². The maximum absolute atomic E-state index is 12.4. The summed E-state index contributed by atoms with van der Waals surface area (Å²) in [6, 6.07) is 0.599. The van der Waals surface area contributed by atoms with Crippen molar-refractivity contribution >= 4 is 11.9 Å². The first kappa shape index (κ1) is 18.0. The standard InChI is InChI=1S/C16H30N2O3/c1-6-16(7-2,15(20)21)10-17-14(19)13(5)18-11(3)8-9-12(18)4/h11-13H,6-10H2,1-5H3,(H,17,19)(H,20,21). The Morgan fingerprint density at radius 2 is 1.71 bits per heavy atom. The van der Waals surface area contributed by atoms with Crippen LogP contribution in [0.4, 0.5) is 0 Å². The van der Waals surface area contributed by atoms with Gasteiger partial charge in [-0.2, -0.15) is 0 Å². The number of carbonyl (C=O) groups excluding carboxylic acids is 1. The molecule has 0 aliphatic carbocycles. The lowest BCUT2D eigenvalue weighted by Crippen LogP contribution is -2.52.